The highest BCUT2D eigenvalue weighted by atomic mass is 32.2. The van der Waals surface area contributed by atoms with Crippen molar-refractivity contribution < 1.29 is 23.1 Å². The van der Waals surface area contributed by atoms with Crippen molar-refractivity contribution in [2.45, 2.75) is 4.90 Å². The first-order valence-electron chi connectivity index (χ1n) is 7.05. The summed E-state index contributed by atoms with van der Waals surface area (Å²) in [7, 11) is -3.62. The van der Waals surface area contributed by atoms with Gasteiger partial charge in [0.25, 0.3) is 11.8 Å². The molecule has 1 aromatic rings. The van der Waals surface area contributed by atoms with Gasteiger partial charge in [-0.3, -0.25) is 14.5 Å². The van der Waals surface area contributed by atoms with Gasteiger partial charge in [-0.25, -0.2) is 13.1 Å². The van der Waals surface area contributed by atoms with Gasteiger partial charge in [0.2, 0.25) is 10.0 Å². The van der Waals surface area contributed by atoms with E-state index in [1.165, 1.54) is 30.3 Å². The second kappa shape index (κ2) is 7.39. The molecule has 0 saturated carbocycles. The zero-order chi connectivity index (χ0) is 17.7. The van der Waals surface area contributed by atoms with Crippen LogP contribution in [0.1, 0.15) is 0 Å². The summed E-state index contributed by atoms with van der Waals surface area (Å²) >= 11 is 0. The number of carbonyl (C=O) groups is 2. The van der Waals surface area contributed by atoms with E-state index in [1.54, 1.807) is 0 Å². The van der Waals surface area contributed by atoms with Gasteiger partial charge in [0.1, 0.15) is 5.70 Å². The minimum Gasteiger partial charge on any atom is -0.395 e. The van der Waals surface area contributed by atoms with Crippen LogP contribution in [0.3, 0.4) is 0 Å². The van der Waals surface area contributed by atoms with Gasteiger partial charge in [-0.05, 0) is 24.3 Å². The summed E-state index contributed by atoms with van der Waals surface area (Å²) in [6.45, 7) is 3.16. The summed E-state index contributed by atoms with van der Waals surface area (Å²) in [5.74, 6) is -1.05. The third-order valence-electron chi connectivity index (χ3n) is 3.19. The van der Waals surface area contributed by atoms with E-state index in [1.807, 2.05) is 0 Å². The zero-order valence-electron chi connectivity index (χ0n) is 12.7. The number of hydrogen-bond donors (Lipinski definition) is 3. The number of aliphatic hydroxyl groups is 1. The number of nitrogens with zero attached hydrogens (tertiary/aromatic N) is 1. The topological polar surface area (TPSA) is 116 Å². The van der Waals surface area contributed by atoms with Crippen LogP contribution in [-0.2, 0) is 19.6 Å². The Morgan fingerprint density at radius 1 is 1.21 bits per heavy atom. The van der Waals surface area contributed by atoms with E-state index in [0.717, 1.165) is 11.0 Å². The molecule has 3 N–H and O–H groups in total. The number of nitrogens with one attached hydrogen (secondary N) is 2. The van der Waals surface area contributed by atoms with Crippen molar-refractivity contribution >= 4 is 27.5 Å². The van der Waals surface area contributed by atoms with Crippen LogP contribution >= 0.6 is 0 Å². The van der Waals surface area contributed by atoms with Crippen LogP contribution in [0, 0.1) is 0 Å². The second-order valence-corrected chi connectivity index (χ2v) is 6.63. The molecule has 2 rings (SSSR count). The van der Waals surface area contributed by atoms with Crippen LogP contribution in [0.2, 0.25) is 0 Å². The molecule has 8 nitrogen and oxygen atoms in total. The lowest BCUT2D eigenvalue weighted by Crippen LogP contribution is -2.34. The van der Waals surface area contributed by atoms with Gasteiger partial charge in [-0.1, -0.05) is 6.08 Å². The molecule has 0 spiro atoms. The lowest BCUT2D eigenvalue weighted by molar-refractivity contribution is -0.137. The third kappa shape index (κ3) is 3.88. The molecule has 9 heteroatoms. The van der Waals surface area contributed by atoms with Crippen molar-refractivity contribution in [2.75, 3.05) is 25.0 Å². The molecule has 0 fully saturated rings. The Morgan fingerprint density at radius 2 is 1.88 bits per heavy atom. The molecule has 0 atom stereocenters. The first kappa shape index (κ1) is 17.9. The number of β-amino-alcohol motifs (C(OH)–C–C–N with tert-alkyl or cyclic N) is 1. The van der Waals surface area contributed by atoms with E-state index in [9.17, 15) is 18.0 Å². The predicted octanol–water partition coefficient (Wildman–Crippen LogP) is -0.192. The van der Waals surface area contributed by atoms with E-state index >= 15 is 0 Å². The van der Waals surface area contributed by atoms with Crippen LogP contribution in [0.5, 0.6) is 0 Å². The monoisotopic (exact) mass is 351 g/mol. The van der Waals surface area contributed by atoms with Crippen molar-refractivity contribution in [3.8, 4) is 0 Å². The molecule has 0 bridgehead atoms. The Labute approximate surface area is 139 Å². The Balaban J connectivity index is 2.10. The Kier molecular flexibility index (Phi) is 5.50. The highest BCUT2D eigenvalue weighted by Crippen LogP contribution is 2.19. The number of anilines is 1. The van der Waals surface area contributed by atoms with Crippen LogP contribution < -0.4 is 10.0 Å². The van der Waals surface area contributed by atoms with E-state index in [2.05, 4.69) is 16.6 Å². The molecule has 0 unspecified atom stereocenters. The number of carbonyl (C=O) groups excluding carboxylic acids is 2. The van der Waals surface area contributed by atoms with Gasteiger partial charge in [0.05, 0.1) is 18.0 Å². The van der Waals surface area contributed by atoms with E-state index < -0.39 is 21.8 Å². The maximum absolute atomic E-state index is 12.0. The van der Waals surface area contributed by atoms with E-state index in [0.29, 0.717) is 5.69 Å². The Morgan fingerprint density at radius 3 is 2.46 bits per heavy atom. The highest BCUT2D eigenvalue weighted by Gasteiger charge is 2.30. The SMILES string of the molecule is C=CCNS(=O)(=O)c1ccc(NC2=CC(=O)N(CCO)C2=O)cc1. The van der Waals surface area contributed by atoms with Crippen molar-refractivity contribution in [1.29, 1.82) is 0 Å². The summed E-state index contributed by atoms with van der Waals surface area (Å²) in [4.78, 5) is 24.6. The third-order valence-corrected chi connectivity index (χ3v) is 4.63. The minimum absolute atomic E-state index is 0.0637. The van der Waals surface area contributed by atoms with Gasteiger partial charge in [0, 0.05) is 18.3 Å². The smallest absolute Gasteiger partial charge is 0.277 e. The molecule has 1 aromatic carbocycles. The first-order valence-corrected chi connectivity index (χ1v) is 8.53. The number of rotatable bonds is 8. The van der Waals surface area contributed by atoms with Gasteiger partial charge in [-0.2, -0.15) is 0 Å². The number of sulfonamides is 1. The molecule has 0 saturated heterocycles. The van der Waals surface area contributed by atoms with Crippen LogP contribution in [0.25, 0.3) is 0 Å². The number of imide groups is 1. The molecule has 0 aliphatic carbocycles. The number of amides is 2. The van der Waals surface area contributed by atoms with Crippen LogP contribution in [0.4, 0.5) is 5.69 Å². The van der Waals surface area contributed by atoms with Gasteiger partial charge in [0.15, 0.2) is 0 Å². The number of hydrogen-bond acceptors (Lipinski definition) is 6. The minimum atomic E-state index is -3.62. The molecule has 2 amide bonds. The summed E-state index contributed by atoms with van der Waals surface area (Å²) < 4.78 is 26.2. The van der Waals surface area contributed by atoms with Crippen molar-refractivity contribution in [3.05, 3.63) is 48.7 Å². The largest absolute Gasteiger partial charge is 0.395 e. The summed E-state index contributed by atoms with van der Waals surface area (Å²) in [6, 6.07) is 5.72. The Bertz CT molecular complexity index is 784. The molecule has 128 valence electrons. The number of benzene rings is 1. The highest BCUT2D eigenvalue weighted by molar-refractivity contribution is 7.89. The predicted molar refractivity (Wildman–Crippen MR) is 87.3 cm³/mol. The molecule has 0 radical (unpaired) electrons. The molecule has 1 heterocycles. The van der Waals surface area contributed by atoms with Crippen molar-refractivity contribution in [1.82, 2.24) is 9.62 Å². The van der Waals surface area contributed by atoms with Crippen LogP contribution in [0.15, 0.2) is 53.6 Å². The maximum atomic E-state index is 12.0. The van der Waals surface area contributed by atoms with E-state index in [-0.39, 0.29) is 30.3 Å². The van der Waals surface area contributed by atoms with Crippen LogP contribution in [-0.4, -0.2) is 49.9 Å². The van der Waals surface area contributed by atoms with Gasteiger partial charge < -0.3 is 10.4 Å². The quantitative estimate of drug-likeness (QED) is 0.442. The van der Waals surface area contributed by atoms with Crippen molar-refractivity contribution in [2.24, 2.45) is 0 Å². The average molecular weight is 351 g/mol. The normalized spacial score (nSPS) is 14.7. The fourth-order valence-electron chi connectivity index (χ4n) is 2.03. The summed E-state index contributed by atoms with van der Waals surface area (Å²) in [5.41, 5.74) is 0.518. The maximum Gasteiger partial charge on any atom is 0.277 e. The molecule has 0 aromatic heterocycles. The first-order chi connectivity index (χ1) is 11.4. The standard InChI is InChI=1S/C15H17N3O5S/c1-2-7-16-24(22,23)12-5-3-11(4-6-12)17-13-10-14(20)18(8-9-19)15(13)21/h2-6,10,16-17,19H,1,7-9H2. The van der Waals surface area contributed by atoms with E-state index in [4.69, 9.17) is 5.11 Å². The molecule has 24 heavy (non-hydrogen) atoms. The Hall–Kier alpha value is -2.49. The number of aliphatic hydroxyl groups excluding tert-OH is 1. The van der Waals surface area contributed by atoms with Gasteiger partial charge in [-0.15, -0.1) is 6.58 Å². The zero-order valence-corrected chi connectivity index (χ0v) is 13.5. The fraction of sp³-hybridized carbons (Fsp3) is 0.200. The van der Waals surface area contributed by atoms with Gasteiger partial charge >= 0.3 is 0 Å². The molecular weight excluding hydrogens is 334 g/mol. The second-order valence-electron chi connectivity index (χ2n) is 4.87. The fourth-order valence-corrected chi connectivity index (χ4v) is 3.03. The van der Waals surface area contributed by atoms with Crippen molar-refractivity contribution in [3.63, 3.8) is 0 Å². The summed E-state index contributed by atoms with van der Waals surface area (Å²) in [6.07, 6.45) is 2.56. The molecule has 1 aliphatic rings. The average Bonchev–Trinajstić information content (AvgIpc) is 2.81. The lowest BCUT2D eigenvalue weighted by atomic mass is 10.3. The summed E-state index contributed by atoms with van der Waals surface area (Å²) in [5, 5.41) is 11.6. The molecular formula is C15H17N3O5S. The lowest BCUT2D eigenvalue weighted by Gasteiger charge is -2.13. The molecule has 1 aliphatic heterocycles.